The summed E-state index contributed by atoms with van der Waals surface area (Å²) in [4.78, 5) is 33.7. The van der Waals surface area contributed by atoms with Crippen LogP contribution in [0.15, 0.2) is 29.2 Å². The summed E-state index contributed by atoms with van der Waals surface area (Å²) < 4.78 is 7.87. The maximum absolute atomic E-state index is 11.5. The smallest absolute Gasteiger partial charge is 0.407 e. The standard InChI is InChI=1S/C17H25N3O6S.C12H23N/c1-17(2,3)26-16(23)18-11-7-6-8-12(15(21)22)19-27-14-10-5-4-9-13(14)20(24)25;1-3-7-11(8-4-1)13-12-9-5-2-6-10-12/h4-5,9-10,12,19H,6-8,11H2,1-3H3,(H,18,23)(H,21,22);11-13H,1-10H2. The number of amides is 1. The number of nitrogens with one attached hydrogen (secondary N) is 3. The predicted octanol–water partition coefficient (Wildman–Crippen LogP) is 6.58. The Kier molecular flexibility index (Phi) is 15.3. The van der Waals surface area contributed by atoms with E-state index in [4.69, 9.17) is 4.74 Å². The van der Waals surface area contributed by atoms with E-state index < -0.39 is 28.6 Å². The summed E-state index contributed by atoms with van der Waals surface area (Å²) in [6.45, 7) is 5.68. The van der Waals surface area contributed by atoms with Gasteiger partial charge in [0.05, 0.1) is 4.92 Å². The third-order valence-corrected chi connectivity index (χ3v) is 7.91. The Morgan fingerprint density at radius 3 is 2.12 bits per heavy atom. The van der Waals surface area contributed by atoms with Crippen molar-refractivity contribution in [3.8, 4) is 0 Å². The Labute approximate surface area is 243 Å². The summed E-state index contributed by atoms with van der Waals surface area (Å²) >= 11 is 0.925. The van der Waals surface area contributed by atoms with Crippen molar-refractivity contribution >= 4 is 29.7 Å². The van der Waals surface area contributed by atoms with Gasteiger partial charge in [-0.2, -0.15) is 0 Å². The van der Waals surface area contributed by atoms with Gasteiger partial charge in [0.15, 0.2) is 0 Å². The molecule has 1 aromatic carbocycles. The van der Waals surface area contributed by atoms with Crippen LogP contribution in [0.5, 0.6) is 0 Å². The second kappa shape index (κ2) is 18.1. The molecule has 1 aromatic rings. The number of carboxylic acids is 1. The first-order valence-electron chi connectivity index (χ1n) is 14.7. The van der Waals surface area contributed by atoms with Crippen LogP contribution in [0, 0.1) is 10.1 Å². The summed E-state index contributed by atoms with van der Waals surface area (Å²) in [5, 5.41) is 26.8. The fraction of sp³-hybridized carbons (Fsp3) is 0.724. The number of aliphatic carboxylic acids is 1. The van der Waals surface area contributed by atoms with E-state index in [2.05, 4.69) is 15.4 Å². The summed E-state index contributed by atoms with van der Waals surface area (Å²) in [7, 11) is 0. The Morgan fingerprint density at radius 2 is 1.60 bits per heavy atom. The van der Waals surface area contributed by atoms with Crippen molar-refractivity contribution < 1.29 is 24.4 Å². The summed E-state index contributed by atoms with van der Waals surface area (Å²) in [5.74, 6) is -1.04. The number of ether oxygens (including phenoxy) is 1. The topological polar surface area (TPSA) is 143 Å². The van der Waals surface area contributed by atoms with E-state index in [0.717, 1.165) is 24.0 Å². The molecule has 2 aliphatic rings. The van der Waals surface area contributed by atoms with Crippen LogP contribution in [0.1, 0.15) is 104 Å². The predicted molar refractivity (Wildman–Crippen MR) is 158 cm³/mol. The number of nitro benzene ring substituents is 1. The zero-order valence-electron chi connectivity index (χ0n) is 24.3. The molecule has 0 radical (unpaired) electrons. The molecule has 0 heterocycles. The first-order chi connectivity index (χ1) is 19.0. The molecule has 2 fully saturated rings. The number of carbonyl (C=O) groups is 2. The Hall–Kier alpha value is -2.37. The summed E-state index contributed by atoms with van der Waals surface area (Å²) in [5.41, 5.74) is -0.652. The molecule has 11 heteroatoms. The fourth-order valence-corrected chi connectivity index (χ4v) is 5.79. The zero-order chi connectivity index (χ0) is 29.4. The van der Waals surface area contributed by atoms with Crippen molar-refractivity contribution in [3.63, 3.8) is 0 Å². The molecule has 1 amide bonds. The van der Waals surface area contributed by atoms with Gasteiger partial charge in [0.2, 0.25) is 0 Å². The molecule has 3 rings (SSSR count). The van der Waals surface area contributed by atoms with Crippen molar-refractivity contribution in [1.29, 1.82) is 0 Å². The molecule has 4 N–H and O–H groups in total. The highest BCUT2D eigenvalue weighted by Gasteiger charge is 2.21. The van der Waals surface area contributed by atoms with Gasteiger partial charge in [-0.25, -0.2) is 9.52 Å². The lowest BCUT2D eigenvalue weighted by Gasteiger charge is -2.30. The van der Waals surface area contributed by atoms with Crippen molar-refractivity contribution in [1.82, 2.24) is 15.4 Å². The average Bonchev–Trinajstić information content (AvgIpc) is 2.90. The van der Waals surface area contributed by atoms with Crippen molar-refractivity contribution in [3.05, 3.63) is 34.4 Å². The number of carboxylic acid groups (broad SMARTS) is 1. The highest BCUT2D eigenvalue weighted by molar-refractivity contribution is 7.97. The van der Waals surface area contributed by atoms with Crippen LogP contribution in [0.25, 0.3) is 0 Å². The molecular weight excluding hydrogens is 532 g/mol. The van der Waals surface area contributed by atoms with Gasteiger partial charge in [0, 0.05) is 24.7 Å². The minimum Gasteiger partial charge on any atom is -0.480 e. The third-order valence-electron chi connectivity index (χ3n) is 6.94. The average molecular weight is 581 g/mol. The lowest BCUT2D eigenvalue weighted by atomic mass is 9.91. The number of carbonyl (C=O) groups excluding carboxylic acids is 1. The molecule has 2 saturated carbocycles. The maximum atomic E-state index is 11.5. The number of unbranched alkanes of at least 4 members (excludes halogenated alkanes) is 1. The summed E-state index contributed by atoms with van der Waals surface area (Å²) in [6.07, 6.45) is 15.5. The zero-order valence-corrected chi connectivity index (χ0v) is 25.1. The fourth-order valence-electron chi connectivity index (χ4n) is 4.91. The van der Waals surface area contributed by atoms with E-state index in [9.17, 15) is 24.8 Å². The highest BCUT2D eigenvalue weighted by atomic mass is 32.2. The number of hydrogen-bond donors (Lipinski definition) is 4. The number of alkyl carbamates (subject to hydrolysis) is 1. The molecule has 0 aliphatic heterocycles. The Bertz CT molecular complexity index is 898. The number of para-hydroxylation sites is 1. The molecule has 0 bridgehead atoms. The van der Waals surface area contributed by atoms with Crippen LogP contribution < -0.4 is 15.4 Å². The lowest BCUT2D eigenvalue weighted by molar-refractivity contribution is -0.387. The van der Waals surface area contributed by atoms with Crippen LogP contribution in [-0.4, -0.2) is 52.4 Å². The minimum atomic E-state index is -1.04. The monoisotopic (exact) mass is 580 g/mol. The number of benzene rings is 1. The number of hydrogen-bond acceptors (Lipinski definition) is 8. The Balaban J connectivity index is 0.000000355. The van der Waals surface area contributed by atoms with Gasteiger partial charge in [-0.05, 0) is 83.7 Å². The molecule has 0 spiro atoms. The van der Waals surface area contributed by atoms with Gasteiger partial charge < -0.3 is 20.5 Å². The second-order valence-electron chi connectivity index (χ2n) is 11.6. The number of nitro groups is 1. The van der Waals surface area contributed by atoms with Crippen molar-refractivity contribution in [2.45, 2.75) is 133 Å². The number of rotatable bonds is 12. The van der Waals surface area contributed by atoms with Crippen molar-refractivity contribution in [2.75, 3.05) is 6.54 Å². The van der Waals surface area contributed by atoms with Gasteiger partial charge in [0.1, 0.15) is 16.5 Å². The molecule has 10 nitrogen and oxygen atoms in total. The van der Waals surface area contributed by atoms with Gasteiger partial charge in [0.25, 0.3) is 5.69 Å². The number of nitrogens with zero attached hydrogens (tertiary/aromatic N) is 1. The molecule has 1 unspecified atom stereocenters. The van der Waals surface area contributed by atoms with Gasteiger partial charge in [-0.1, -0.05) is 50.7 Å². The van der Waals surface area contributed by atoms with Gasteiger partial charge in [-0.3, -0.25) is 14.9 Å². The Morgan fingerprint density at radius 1 is 1.02 bits per heavy atom. The lowest BCUT2D eigenvalue weighted by Crippen LogP contribution is -2.40. The quantitative estimate of drug-likeness (QED) is 0.0932. The van der Waals surface area contributed by atoms with Crippen LogP contribution >= 0.6 is 11.9 Å². The second-order valence-corrected chi connectivity index (χ2v) is 12.5. The molecule has 1 atom stereocenters. The largest absolute Gasteiger partial charge is 0.480 e. The maximum Gasteiger partial charge on any atom is 0.407 e. The molecule has 0 saturated heterocycles. The molecule has 0 aromatic heterocycles. The van der Waals surface area contributed by atoms with E-state index >= 15 is 0 Å². The van der Waals surface area contributed by atoms with Crippen LogP contribution in [-0.2, 0) is 9.53 Å². The molecule has 2 aliphatic carbocycles. The van der Waals surface area contributed by atoms with E-state index in [-0.39, 0.29) is 5.69 Å². The van der Waals surface area contributed by atoms with Crippen LogP contribution in [0.4, 0.5) is 10.5 Å². The van der Waals surface area contributed by atoms with E-state index in [1.54, 1.807) is 39.0 Å². The van der Waals surface area contributed by atoms with E-state index in [1.807, 2.05) is 0 Å². The third kappa shape index (κ3) is 14.3. The highest BCUT2D eigenvalue weighted by Crippen LogP contribution is 2.27. The summed E-state index contributed by atoms with van der Waals surface area (Å²) in [6, 6.07) is 7.00. The molecule has 40 heavy (non-hydrogen) atoms. The minimum absolute atomic E-state index is 0.0827. The SMILES string of the molecule is C1CCC(NC2CCCCC2)CC1.CC(C)(C)OC(=O)NCCCCC(NSc1ccccc1[N+](=O)[O-])C(=O)O. The first-order valence-corrected chi connectivity index (χ1v) is 15.5. The molecule has 226 valence electrons. The normalized spacial score (nSPS) is 17.3. The van der Waals surface area contributed by atoms with Gasteiger partial charge in [-0.15, -0.1) is 0 Å². The van der Waals surface area contributed by atoms with Crippen molar-refractivity contribution in [2.24, 2.45) is 0 Å². The van der Waals surface area contributed by atoms with E-state index in [0.29, 0.717) is 30.7 Å². The first kappa shape index (κ1) is 33.8. The van der Waals surface area contributed by atoms with Crippen LogP contribution in [0.3, 0.4) is 0 Å². The molecular formula is C29H48N4O6S. The van der Waals surface area contributed by atoms with E-state index in [1.165, 1.54) is 70.3 Å². The van der Waals surface area contributed by atoms with Gasteiger partial charge >= 0.3 is 12.1 Å². The van der Waals surface area contributed by atoms with Crippen LogP contribution in [0.2, 0.25) is 0 Å².